The summed E-state index contributed by atoms with van der Waals surface area (Å²) in [6.07, 6.45) is -4.19. The molecule has 0 bridgehead atoms. The van der Waals surface area contributed by atoms with Gasteiger partial charge in [-0.15, -0.1) is 0 Å². The first-order chi connectivity index (χ1) is 8.29. The number of carbonyl (C=O) groups excluding carboxylic acids is 1. The molecule has 0 aromatic carbocycles. The van der Waals surface area contributed by atoms with Gasteiger partial charge in [-0.3, -0.25) is 0 Å². The van der Waals surface area contributed by atoms with Crippen molar-refractivity contribution in [3.63, 3.8) is 0 Å². The Labute approximate surface area is 102 Å². The summed E-state index contributed by atoms with van der Waals surface area (Å²) >= 11 is 0. The summed E-state index contributed by atoms with van der Waals surface area (Å²) in [5.41, 5.74) is 0. The second-order valence-corrected chi connectivity index (χ2v) is 3.57. The molecule has 7 nitrogen and oxygen atoms in total. The molecule has 106 valence electrons. The molecule has 0 rings (SSSR count). The molecule has 4 N–H and O–H groups in total. The van der Waals surface area contributed by atoms with E-state index in [1.807, 2.05) is 5.32 Å². The van der Waals surface area contributed by atoms with E-state index in [-0.39, 0.29) is 6.54 Å². The highest BCUT2D eigenvalue weighted by atomic mass is 19.3. The van der Waals surface area contributed by atoms with Crippen LogP contribution in [0.3, 0.4) is 0 Å². The van der Waals surface area contributed by atoms with Crippen molar-refractivity contribution in [1.82, 2.24) is 10.2 Å². The summed E-state index contributed by atoms with van der Waals surface area (Å²) in [5, 5.41) is 28.3. The Kier molecular flexibility index (Phi) is 7.13. The number of carboxylic acids is 1. The number of hydrogen-bond acceptors (Lipinski definition) is 4. The van der Waals surface area contributed by atoms with E-state index < -0.39 is 43.7 Å². The Bertz CT molecular complexity index is 288. The van der Waals surface area contributed by atoms with E-state index in [2.05, 4.69) is 0 Å². The van der Waals surface area contributed by atoms with Crippen LogP contribution in [0, 0.1) is 0 Å². The van der Waals surface area contributed by atoms with Crippen LogP contribution in [-0.2, 0) is 4.79 Å². The molecule has 0 aliphatic heterocycles. The van der Waals surface area contributed by atoms with Crippen molar-refractivity contribution in [2.75, 3.05) is 19.7 Å². The van der Waals surface area contributed by atoms with Crippen molar-refractivity contribution < 1.29 is 33.7 Å². The lowest BCUT2D eigenvalue weighted by atomic mass is 10.2. The maximum absolute atomic E-state index is 12.2. The van der Waals surface area contributed by atoms with Crippen molar-refractivity contribution in [1.29, 1.82) is 0 Å². The van der Waals surface area contributed by atoms with E-state index in [9.17, 15) is 18.4 Å². The molecule has 0 spiro atoms. The van der Waals surface area contributed by atoms with Gasteiger partial charge in [0.1, 0.15) is 0 Å². The molecular weight excluding hydrogens is 254 g/mol. The lowest BCUT2D eigenvalue weighted by Gasteiger charge is -2.25. The van der Waals surface area contributed by atoms with Gasteiger partial charge >= 0.3 is 12.0 Å². The maximum Gasteiger partial charge on any atom is 0.328 e. The van der Waals surface area contributed by atoms with Crippen LogP contribution in [0.2, 0.25) is 0 Å². The molecule has 0 saturated carbocycles. The molecule has 0 aromatic heterocycles. The minimum atomic E-state index is -2.81. The van der Waals surface area contributed by atoms with Crippen molar-refractivity contribution in [2.45, 2.75) is 25.5 Å². The van der Waals surface area contributed by atoms with E-state index in [0.29, 0.717) is 4.90 Å². The van der Waals surface area contributed by atoms with Crippen LogP contribution in [0.25, 0.3) is 0 Å². The fourth-order valence-electron chi connectivity index (χ4n) is 1.18. The standard InChI is InChI=1S/C9H16F2N2O5/c1-5(15)7(8(16)17)12-9(18)13(2-3-14)4-6(10)11/h5-7,14-15H,2-4H2,1H3,(H,12,18)(H,16,17)/t5-,7+/m1/s1. The number of aliphatic hydroxyl groups is 2. The zero-order valence-corrected chi connectivity index (χ0v) is 9.71. The van der Waals surface area contributed by atoms with Crippen LogP contribution in [0.15, 0.2) is 0 Å². The Balaban J connectivity index is 4.61. The molecule has 18 heavy (non-hydrogen) atoms. The van der Waals surface area contributed by atoms with Crippen molar-refractivity contribution in [2.24, 2.45) is 0 Å². The molecule has 0 aliphatic rings. The van der Waals surface area contributed by atoms with Crippen LogP contribution >= 0.6 is 0 Å². The fourth-order valence-corrected chi connectivity index (χ4v) is 1.18. The summed E-state index contributed by atoms with van der Waals surface area (Å²) in [6, 6.07) is -2.69. The van der Waals surface area contributed by atoms with Gasteiger partial charge in [0.15, 0.2) is 6.04 Å². The van der Waals surface area contributed by atoms with E-state index in [0.717, 1.165) is 6.92 Å². The Morgan fingerprint density at radius 3 is 2.28 bits per heavy atom. The third-order valence-corrected chi connectivity index (χ3v) is 2.04. The van der Waals surface area contributed by atoms with Crippen molar-refractivity contribution in [3.8, 4) is 0 Å². The number of alkyl halides is 2. The first-order valence-corrected chi connectivity index (χ1v) is 5.15. The van der Waals surface area contributed by atoms with E-state index >= 15 is 0 Å². The number of nitrogens with one attached hydrogen (secondary N) is 1. The number of hydrogen-bond donors (Lipinski definition) is 4. The monoisotopic (exact) mass is 270 g/mol. The first kappa shape index (κ1) is 16.5. The molecule has 0 saturated heterocycles. The fraction of sp³-hybridized carbons (Fsp3) is 0.778. The average Bonchev–Trinajstić information content (AvgIpc) is 2.23. The van der Waals surface area contributed by atoms with Gasteiger partial charge in [0.2, 0.25) is 0 Å². The van der Waals surface area contributed by atoms with Gasteiger partial charge in [0, 0.05) is 6.54 Å². The Hall–Kier alpha value is -1.48. The largest absolute Gasteiger partial charge is 0.480 e. The van der Waals surface area contributed by atoms with Crippen LogP contribution in [-0.4, -0.2) is 70.5 Å². The lowest BCUT2D eigenvalue weighted by molar-refractivity contribution is -0.141. The summed E-state index contributed by atoms with van der Waals surface area (Å²) in [4.78, 5) is 22.7. The van der Waals surface area contributed by atoms with Crippen molar-refractivity contribution in [3.05, 3.63) is 0 Å². The van der Waals surface area contributed by atoms with Crippen LogP contribution in [0.4, 0.5) is 13.6 Å². The zero-order valence-electron chi connectivity index (χ0n) is 9.71. The molecule has 0 heterocycles. The summed E-state index contributed by atoms with van der Waals surface area (Å²) in [5.74, 6) is -1.49. The van der Waals surface area contributed by atoms with Gasteiger partial charge < -0.3 is 25.5 Å². The quantitative estimate of drug-likeness (QED) is 0.478. The third-order valence-electron chi connectivity index (χ3n) is 2.04. The van der Waals surface area contributed by atoms with Crippen LogP contribution in [0.1, 0.15) is 6.92 Å². The number of urea groups is 1. The van der Waals surface area contributed by atoms with Gasteiger partial charge in [-0.1, -0.05) is 0 Å². The maximum atomic E-state index is 12.2. The molecule has 9 heteroatoms. The number of aliphatic hydroxyl groups excluding tert-OH is 2. The minimum absolute atomic E-state index is 0.359. The first-order valence-electron chi connectivity index (χ1n) is 5.15. The van der Waals surface area contributed by atoms with Crippen LogP contribution < -0.4 is 5.32 Å². The second kappa shape index (κ2) is 7.77. The third kappa shape index (κ3) is 5.73. The van der Waals surface area contributed by atoms with Gasteiger partial charge in [-0.05, 0) is 6.92 Å². The minimum Gasteiger partial charge on any atom is -0.480 e. The predicted octanol–water partition coefficient (Wildman–Crippen LogP) is -0.911. The smallest absolute Gasteiger partial charge is 0.328 e. The normalized spacial score (nSPS) is 14.1. The summed E-state index contributed by atoms with van der Waals surface area (Å²) in [7, 11) is 0. The van der Waals surface area contributed by atoms with E-state index in [4.69, 9.17) is 15.3 Å². The Morgan fingerprint density at radius 1 is 1.39 bits per heavy atom. The molecule has 0 aromatic rings. The number of rotatable bonds is 7. The van der Waals surface area contributed by atoms with Crippen molar-refractivity contribution >= 4 is 12.0 Å². The second-order valence-electron chi connectivity index (χ2n) is 3.57. The topological polar surface area (TPSA) is 110 Å². The number of carbonyl (C=O) groups is 2. The summed E-state index contributed by atoms with van der Waals surface area (Å²) in [6.45, 7) is -0.685. The molecule has 2 amide bonds. The number of carboxylic acid groups (broad SMARTS) is 1. The van der Waals surface area contributed by atoms with Crippen LogP contribution in [0.5, 0.6) is 0 Å². The summed E-state index contributed by atoms with van der Waals surface area (Å²) < 4.78 is 24.3. The van der Waals surface area contributed by atoms with Gasteiger partial charge in [0.05, 0.1) is 19.3 Å². The van der Waals surface area contributed by atoms with Gasteiger partial charge in [-0.2, -0.15) is 0 Å². The average molecular weight is 270 g/mol. The van der Waals surface area contributed by atoms with E-state index in [1.54, 1.807) is 0 Å². The molecule has 0 radical (unpaired) electrons. The molecular formula is C9H16F2N2O5. The highest BCUT2D eigenvalue weighted by molar-refractivity contribution is 5.83. The molecule has 0 aliphatic carbocycles. The predicted molar refractivity (Wildman–Crippen MR) is 56.3 cm³/mol. The number of aliphatic carboxylic acids is 1. The molecule has 0 fully saturated rings. The highest BCUT2D eigenvalue weighted by Gasteiger charge is 2.27. The Morgan fingerprint density at radius 2 is 1.94 bits per heavy atom. The highest BCUT2D eigenvalue weighted by Crippen LogP contribution is 2.01. The number of amides is 2. The van der Waals surface area contributed by atoms with Gasteiger partial charge in [-0.25, -0.2) is 18.4 Å². The molecule has 2 atom stereocenters. The lowest BCUT2D eigenvalue weighted by Crippen LogP contribution is -2.53. The van der Waals surface area contributed by atoms with E-state index in [1.165, 1.54) is 0 Å². The molecule has 0 unspecified atom stereocenters. The number of halogens is 2. The number of nitrogens with zero attached hydrogens (tertiary/aromatic N) is 1. The zero-order chi connectivity index (χ0) is 14.3. The SMILES string of the molecule is C[C@@H](O)[C@H](NC(=O)N(CCO)CC(F)F)C(=O)O. The van der Waals surface area contributed by atoms with Gasteiger partial charge in [0.25, 0.3) is 6.43 Å².